The van der Waals surface area contributed by atoms with Crippen molar-refractivity contribution < 1.29 is 9.90 Å². The molecule has 0 heterocycles. The van der Waals surface area contributed by atoms with Gasteiger partial charge in [-0.1, -0.05) is 0 Å². The topological polar surface area (TPSA) is 61.7 Å². The number of carbonyl (C=O) groups excluding carboxylic acids is 1. The normalized spacial score (nSPS) is 15.3. The largest absolute Gasteiger partial charge is 0.507 e. The SMILES string of the molecule is O=C(N/N=C/c1ccc(O)c(Br)c1)C1CC1. The number of amides is 1. The second kappa shape index (κ2) is 4.65. The number of benzene rings is 1. The molecule has 2 N–H and O–H groups in total. The Morgan fingerprint density at radius 1 is 1.56 bits per heavy atom. The van der Waals surface area contributed by atoms with Crippen molar-refractivity contribution in [2.24, 2.45) is 11.0 Å². The lowest BCUT2D eigenvalue weighted by molar-refractivity contribution is -0.122. The van der Waals surface area contributed by atoms with E-state index in [0.717, 1.165) is 18.4 Å². The molecule has 0 aliphatic heterocycles. The second-order valence-electron chi connectivity index (χ2n) is 3.72. The molecule has 0 radical (unpaired) electrons. The van der Waals surface area contributed by atoms with Gasteiger partial charge in [-0.05, 0) is 52.5 Å². The first kappa shape index (κ1) is 11.1. The van der Waals surface area contributed by atoms with Crippen LogP contribution in [-0.4, -0.2) is 17.2 Å². The van der Waals surface area contributed by atoms with Crippen LogP contribution < -0.4 is 5.43 Å². The molecule has 1 aromatic carbocycles. The summed E-state index contributed by atoms with van der Waals surface area (Å²) in [6.07, 6.45) is 3.47. The zero-order valence-electron chi connectivity index (χ0n) is 8.48. The summed E-state index contributed by atoms with van der Waals surface area (Å²) in [5.74, 6) is 0.317. The quantitative estimate of drug-likeness (QED) is 0.658. The van der Waals surface area contributed by atoms with Gasteiger partial charge in [-0.25, -0.2) is 5.43 Å². The smallest absolute Gasteiger partial charge is 0.243 e. The van der Waals surface area contributed by atoms with Crippen LogP contribution in [0.25, 0.3) is 0 Å². The van der Waals surface area contributed by atoms with E-state index in [1.165, 1.54) is 0 Å². The van der Waals surface area contributed by atoms with Gasteiger partial charge in [0.05, 0.1) is 10.7 Å². The maximum absolute atomic E-state index is 11.2. The van der Waals surface area contributed by atoms with E-state index in [1.807, 2.05) is 0 Å². The van der Waals surface area contributed by atoms with Crippen LogP contribution in [0.15, 0.2) is 27.8 Å². The highest BCUT2D eigenvalue weighted by molar-refractivity contribution is 9.10. The van der Waals surface area contributed by atoms with Gasteiger partial charge in [0, 0.05) is 5.92 Å². The predicted octanol–water partition coefficient (Wildman–Crippen LogP) is 2.01. The van der Waals surface area contributed by atoms with Crippen LogP contribution in [0.1, 0.15) is 18.4 Å². The Bertz CT molecular complexity index is 442. The van der Waals surface area contributed by atoms with E-state index < -0.39 is 0 Å². The minimum absolute atomic E-state index is 0.0194. The minimum atomic E-state index is -0.0194. The number of hydrogen-bond donors (Lipinski definition) is 2. The van der Waals surface area contributed by atoms with E-state index in [9.17, 15) is 9.90 Å². The second-order valence-corrected chi connectivity index (χ2v) is 4.57. The summed E-state index contributed by atoms with van der Waals surface area (Å²) in [5.41, 5.74) is 3.29. The molecular formula is C11H11BrN2O2. The molecule has 0 atom stereocenters. The van der Waals surface area contributed by atoms with Gasteiger partial charge in [0.2, 0.25) is 5.91 Å². The molecule has 2 rings (SSSR count). The first-order valence-corrected chi connectivity index (χ1v) is 5.77. The average molecular weight is 283 g/mol. The molecule has 84 valence electrons. The number of phenols is 1. The molecule has 5 heteroatoms. The number of phenolic OH excluding ortho intramolecular Hbond substituents is 1. The highest BCUT2D eigenvalue weighted by atomic mass is 79.9. The van der Waals surface area contributed by atoms with E-state index in [4.69, 9.17) is 0 Å². The van der Waals surface area contributed by atoms with E-state index in [0.29, 0.717) is 4.47 Å². The molecule has 0 bridgehead atoms. The number of carbonyl (C=O) groups is 1. The van der Waals surface area contributed by atoms with Crippen molar-refractivity contribution in [1.82, 2.24) is 5.43 Å². The number of halogens is 1. The van der Waals surface area contributed by atoms with Crippen LogP contribution in [0.3, 0.4) is 0 Å². The lowest BCUT2D eigenvalue weighted by atomic mass is 10.2. The monoisotopic (exact) mass is 282 g/mol. The molecule has 16 heavy (non-hydrogen) atoms. The summed E-state index contributed by atoms with van der Waals surface area (Å²) >= 11 is 3.20. The van der Waals surface area contributed by atoms with E-state index in [-0.39, 0.29) is 17.6 Å². The molecule has 1 saturated carbocycles. The molecule has 0 saturated heterocycles. The van der Waals surface area contributed by atoms with E-state index in [2.05, 4.69) is 26.5 Å². The maximum Gasteiger partial charge on any atom is 0.243 e. The van der Waals surface area contributed by atoms with Crippen molar-refractivity contribution in [2.75, 3.05) is 0 Å². The Hall–Kier alpha value is -1.36. The summed E-state index contributed by atoms with van der Waals surface area (Å²) in [4.78, 5) is 11.2. The fraction of sp³-hybridized carbons (Fsp3) is 0.273. The molecule has 1 fully saturated rings. The number of rotatable bonds is 3. The fourth-order valence-electron chi connectivity index (χ4n) is 1.21. The molecule has 1 amide bonds. The Kier molecular flexibility index (Phi) is 3.24. The number of aromatic hydroxyl groups is 1. The average Bonchev–Trinajstić information content (AvgIpc) is 3.07. The van der Waals surface area contributed by atoms with Gasteiger partial charge in [-0.15, -0.1) is 0 Å². The zero-order valence-corrected chi connectivity index (χ0v) is 10.1. The molecular weight excluding hydrogens is 272 g/mol. The van der Waals surface area contributed by atoms with Crippen LogP contribution in [0.5, 0.6) is 5.75 Å². The minimum Gasteiger partial charge on any atom is -0.507 e. The molecule has 0 spiro atoms. The predicted molar refractivity (Wildman–Crippen MR) is 64.3 cm³/mol. The molecule has 4 nitrogen and oxygen atoms in total. The van der Waals surface area contributed by atoms with E-state index >= 15 is 0 Å². The van der Waals surface area contributed by atoms with Crippen molar-refractivity contribution in [3.05, 3.63) is 28.2 Å². The fourth-order valence-corrected chi connectivity index (χ4v) is 1.61. The van der Waals surface area contributed by atoms with Crippen molar-refractivity contribution in [2.45, 2.75) is 12.8 Å². The van der Waals surface area contributed by atoms with Gasteiger partial charge in [-0.2, -0.15) is 5.10 Å². The Morgan fingerprint density at radius 2 is 2.31 bits per heavy atom. The van der Waals surface area contributed by atoms with Crippen molar-refractivity contribution in [3.8, 4) is 5.75 Å². The summed E-state index contributed by atoms with van der Waals surface area (Å²) in [6.45, 7) is 0. The third-order valence-electron chi connectivity index (χ3n) is 2.31. The van der Waals surface area contributed by atoms with Gasteiger partial charge in [-0.3, -0.25) is 4.79 Å². The lowest BCUT2D eigenvalue weighted by Gasteiger charge is -1.98. The van der Waals surface area contributed by atoms with Gasteiger partial charge in [0.25, 0.3) is 0 Å². The van der Waals surface area contributed by atoms with Crippen LogP contribution in [0.2, 0.25) is 0 Å². The lowest BCUT2D eigenvalue weighted by Crippen LogP contribution is -2.18. The van der Waals surface area contributed by atoms with Gasteiger partial charge < -0.3 is 5.11 Å². The highest BCUT2D eigenvalue weighted by Crippen LogP contribution is 2.28. The molecule has 0 unspecified atom stereocenters. The maximum atomic E-state index is 11.2. The summed E-state index contributed by atoms with van der Waals surface area (Å²) in [6, 6.07) is 5.00. The van der Waals surface area contributed by atoms with Crippen LogP contribution in [0, 0.1) is 5.92 Å². The van der Waals surface area contributed by atoms with Crippen LogP contribution in [0.4, 0.5) is 0 Å². The van der Waals surface area contributed by atoms with E-state index in [1.54, 1.807) is 24.4 Å². The van der Waals surface area contributed by atoms with Gasteiger partial charge >= 0.3 is 0 Å². The molecule has 1 aromatic rings. The zero-order chi connectivity index (χ0) is 11.5. The highest BCUT2D eigenvalue weighted by Gasteiger charge is 2.29. The van der Waals surface area contributed by atoms with Gasteiger partial charge in [0.1, 0.15) is 5.75 Å². The Morgan fingerprint density at radius 3 is 2.94 bits per heavy atom. The van der Waals surface area contributed by atoms with Crippen molar-refractivity contribution in [3.63, 3.8) is 0 Å². The first-order valence-electron chi connectivity index (χ1n) is 4.98. The van der Waals surface area contributed by atoms with Crippen molar-refractivity contribution in [1.29, 1.82) is 0 Å². The molecule has 1 aliphatic rings. The first-order chi connectivity index (χ1) is 7.66. The van der Waals surface area contributed by atoms with Crippen molar-refractivity contribution >= 4 is 28.1 Å². The van der Waals surface area contributed by atoms with Crippen LogP contribution in [-0.2, 0) is 4.79 Å². The van der Waals surface area contributed by atoms with Crippen LogP contribution >= 0.6 is 15.9 Å². The number of hydrogen-bond acceptors (Lipinski definition) is 3. The molecule has 0 aromatic heterocycles. The number of nitrogens with one attached hydrogen (secondary N) is 1. The standard InChI is InChI=1S/C11H11BrN2O2/c12-9-5-7(1-4-10(9)15)6-13-14-11(16)8-2-3-8/h1,4-6,8,15H,2-3H2,(H,14,16)/b13-6+. The number of hydrazone groups is 1. The third-order valence-corrected chi connectivity index (χ3v) is 2.94. The summed E-state index contributed by atoms with van der Waals surface area (Å²) in [7, 11) is 0. The number of nitrogens with zero attached hydrogens (tertiary/aromatic N) is 1. The Labute approximate surface area is 101 Å². The summed E-state index contributed by atoms with van der Waals surface area (Å²) < 4.78 is 0.602. The van der Waals surface area contributed by atoms with Gasteiger partial charge in [0.15, 0.2) is 0 Å². The third kappa shape index (κ3) is 2.82. The Balaban J connectivity index is 1.94. The molecule has 1 aliphatic carbocycles. The summed E-state index contributed by atoms with van der Waals surface area (Å²) in [5, 5.41) is 13.1.